The van der Waals surface area contributed by atoms with Gasteiger partial charge in [0.05, 0.1) is 23.7 Å². The topological polar surface area (TPSA) is 113 Å². The van der Waals surface area contributed by atoms with E-state index in [1.807, 2.05) is 27.7 Å². The van der Waals surface area contributed by atoms with Crippen molar-refractivity contribution in [1.29, 1.82) is 0 Å². The number of alkyl halides is 3. The Labute approximate surface area is 358 Å². The number of carbonyl (C=O) groups is 3. The van der Waals surface area contributed by atoms with Crippen molar-refractivity contribution >= 4 is 29.3 Å². The van der Waals surface area contributed by atoms with Gasteiger partial charge in [0.25, 0.3) is 5.91 Å². The van der Waals surface area contributed by atoms with E-state index in [1.54, 1.807) is 6.07 Å². The molecule has 7 aliphatic carbocycles. The third-order valence-electron chi connectivity index (χ3n) is 18.1. The van der Waals surface area contributed by atoms with E-state index in [0.717, 1.165) is 6.42 Å². The van der Waals surface area contributed by atoms with Crippen molar-refractivity contribution in [3.8, 4) is 5.75 Å². The van der Waals surface area contributed by atoms with E-state index in [4.69, 9.17) is 16.3 Å². The third kappa shape index (κ3) is 5.65. The normalized spacial score (nSPS) is 40.2. The Kier molecular flexibility index (Phi) is 9.34. The van der Waals surface area contributed by atoms with Crippen LogP contribution in [0.25, 0.3) is 0 Å². The number of Topliss-reactive ketones (excluding diaryl/α,β-unsaturated/α-hetero) is 1. The second-order valence-electron chi connectivity index (χ2n) is 20.6. The second kappa shape index (κ2) is 13.4. The first-order chi connectivity index (χ1) is 28.4. The predicted molar refractivity (Wildman–Crippen MR) is 217 cm³/mol. The number of hydrogen-bond acceptors (Lipinski definition) is 7. The number of aliphatic hydroxyl groups excluding tert-OH is 1. The summed E-state index contributed by atoms with van der Waals surface area (Å²) < 4.78 is 64.7. The Morgan fingerprint density at radius 2 is 1.59 bits per heavy atom. The average molecular weight is 868 g/mol. The molecule has 1 aliphatic heterocycles. The monoisotopic (exact) mass is 867 g/mol. The van der Waals surface area contributed by atoms with Crippen LogP contribution in [-0.4, -0.2) is 63.0 Å². The predicted octanol–water partition coefficient (Wildman–Crippen LogP) is 9.23. The second-order valence-corrected chi connectivity index (χ2v) is 21.0. The fourth-order valence-corrected chi connectivity index (χ4v) is 14.4. The minimum absolute atomic E-state index is 0.0399. The highest BCUT2D eigenvalue weighted by molar-refractivity contribution is 6.31. The summed E-state index contributed by atoms with van der Waals surface area (Å²) in [6, 6.07) is 9.61. The van der Waals surface area contributed by atoms with Gasteiger partial charge in [-0.05, 0) is 112 Å². The van der Waals surface area contributed by atoms with Gasteiger partial charge < -0.3 is 24.6 Å². The van der Waals surface area contributed by atoms with Gasteiger partial charge in [-0.25, -0.2) is 4.39 Å². The minimum Gasteiger partial charge on any atom is -0.448 e. The molecule has 2 spiro atoms. The Bertz CT molecular complexity index is 2260. The molecule has 0 radical (unpaired) electrons. The number of amides is 1. The van der Waals surface area contributed by atoms with Crippen molar-refractivity contribution in [3.63, 3.8) is 0 Å². The molecule has 10 rings (SSSR count). The summed E-state index contributed by atoms with van der Waals surface area (Å²) in [6.07, 6.45) is 5.19. The van der Waals surface area contributed by atoms with Gasteiger partial charge in [0.15, 0.2) is 11.4 Å². The first kappa shape index (κ1) is 42.6. The lowest BCUT2D eigenvalue weighted by molar-refractivity contribution is -0.274. The smallest absolute Gasteiger partial charge is 0.448 e. The summed E-state index contributed by atoms with van der Waals surface area (Å²) in [5.74, 6) is -2.51. The van der Waals surface area contributed by atoms with E-state index < -0.39 is 74.2 Å². The molecule has 2 aromatic carbocycles. The van der Waals surface area contributed by atoms with Crippen LogP contribution in [-0.2, 0) is 32.1 Å². The lowest BCUT2D eigenvalue weighted by atomic mass is 9.32. The maximum Gasteiger partial charge on any atom is 0.573 e. The number of ketones is 1. The third-order valence-corrected chi connectivity index (χ3v) is 18.5. The average Bonchev–Trinajstić information content (AvgIpc) is 3.63. The van der Waals surface area contributed by atoms with Crippen molar-refractivity contribution in [3.05, 3.63) is 88.2 Å². The highest BCUT2D eigenvalue weighted by Gasteiger charge is 2.78. The van der Waals surface area contributed by atoms with Crippen molar-refractivity contribution in [2.45, 2.75) is 129 Å². The van der Waals surface area contributed by atoms with E-state index in [0.29, 0.717) is 49.7 Å². The number of benzene rings is 2. The number of ether oxygens (including phenoxy) is 2. The fourth-order valence-electron chi connectivity index (χ4n) is 14.1. The molecule has 1 amide bonds. The van der Waals surface area contributed by atoms with E-state index in [-0.39, 0.29) is 66.0 Å². The van der Waals surface area contributed by atoms with Crippen molar-refractivity contribution < 1.29 is 51.6 Å². The van der Waals surface area contributed by atoms with Crippen LogP contribution in [0, 0.1) is 50.1 Å². The van der Waals surface area contributed by atoms with Crippen LogP contribution in [0.1, 0.15) is 104 Å². The van der Waals surface area contributed by atoms with E-state index in [1.165, 1.54) is 41.3 Å². The van der Waals surface area contributed by atoms with Gasteiger partial charge in [0.2, 0.25) is 0 Å². The molecule has 0 aromatic heterocycles. The molecule has 4 bridgehead atoms. The number of carbonyl (C=O) groups excluding carboxylic acids is 3. The van der Waals surface area contributed by atoms with Gasteiger partial charge in [-0.2, -0.15) is 0 Å². The lowest BCUT2D eigenvalue weighted by Crippen LogP contribution is -2.68. The molecular formula is C48H54ClF4NO7. The molecule has 13 heteroatoms. The van der Waals surface area contributed by atoms with Crippen LogP contribution in [0.2, 0.25) is 5.02 Å². The van der Waals surface area contributed by atoms with Crippen LogP contribution in [0.4, 0.5) is 17.6 Å². The highest BCUT2D eigenvalue weighted by Crippen LogP contribution is 2.78. The Morgan fingerprint density at radius 1 is 0.918 bits per heavy atom. The maximum atomic E-state index is 15.3. The quantitative estimate of drug-likeness (QED) is 0.147. The SMILES string of the molecule is CC1(C)[C@@]2(C)CC[C@]1(C(=O)N(Cc1ccc(OC(F)(F)F)cc1)C[C@]1(O)CC[C@H]3[C@]45C=C[C@@]6(C=C4C(=O)Cc4c(F)cccc4Cl)CC(O)CC[C@]6(C)[C@H]5CC[C@@]31C)OC2=O. The first-order valence-corrected chi connectivity index (χ1v) is 22.0. The van der Waals surface area contributed by atoms with Crippen molar-refractivity contribution in [2.24, 2.45) is 44.3 Å². The Balaban J connectivity index is 1.11. The van der Waals surface area contributed by atoms with Crippen molar-refractivity contribution in [1.82, 2.24) is 4.90 Å². The molecule has 5 fully saturated rings. The minimum atomic E-state index is -4.89. The van der Waals surface area contributed by atoms with Gasteiger partial charge in [0, 0.05) is 50.8 Å². The van der Waals surface area contributed by atoms with Crippen LogP contribution in [0.5, 0.6) is 5.75 Å². The molecule has 4 saturated carbocycles. The summed E-state index contributed by atoms with van der Waals surface area (Å²) in [7, 11) is 0. The molecule has 61 heavy (non-hydrogen) atoms. The highest BCUT2D eigenvalue weighted by atomic mass is 35.5. The fraction of sp³-hybridized carbons (Fsp3) is 0.604. The molecule has 1 unspecified atom stereocenters. The number of esters is 1. The zero-order valence-corrected chi connectivity index (χ0v) is 36.0. The lowest BCUT2D eigenvalue weighted by Gasteiger charge is -2.71. The summed E-state index contributed by atoms with van der Waals surface area (Å²) in [5, 5.41) is 24.6. The standard InChI is InChI=1S/C48H54ClF4NO7/c1-40(2)43(5)19-22-47(40,61-39(43)58)38(57)54(26-28-9-11-30(12-10-28)60-48(51,52)53)27-45(59)18-15-37-42(45,4)17-14-36-41(3)16-13-29(55)24-44(41)20-21-46(36,37)32(25-44)35(56)23-31-33(49)7-6-8-34(31)50/h6-12,20-21,25,29,36-37,55,59H,13-19,22-24,26-27H2,1-5H3/t29?,36-,37-,41-,42+,43+,44+,45-,46-,47-/m1/s1. The molecule has 2 N–H and O–H groups in total. The molecule has 2 aromatic rings. The van der Waals surface area contributed by atoms with Gasteiger partial charge in [-0.15, -0.1) is 13.2 Å². The largest absolute Gasteiger partial charge is 0.573 e. The molecule has 328 valence electrons. The molecule has 10 atom stereocenters. The van der Waals surface area contributed by atoms with Crippen LogP contribution in [0.3, 0.4) is 0 Å². The van der Waals surface area contributed by atoms with Crippen molar-refractivity contribution in [2.75, 3.05) is 6.54 Å². The number of aliphatic hydroxyl groups is 2. The van der Waals surface area contributed by atoms with Crippen LogP contribution < -0.4 is 4.74 Å². The van der Waals surface area contributed by atoms with E-state index in [9.17, 15) is 33.0 Å². The summed E-state index contributed by atoms with van der Waals surface area (Å²) >= 11 is 6.49. The summed E-state index contributed by atoms with van der Waals surface area (Å²) in [5.41, 5.74) is -6.38. The summed E-state index contributed by atoms with van der Waals surface area (Å²) in [4.78, 5) is 45.1. The van der Waals surface area contributed by atoms with E-state index >= 15 is 9.18 Å². The number of allylic oxidation sites excluding steroid dienone is 4. The zero-order valence-electron chi connectivity index (χ0n) is 35.3. The maximum absolute atomic E-state index is 15.3. The Hall–Kier alpha value is -3.74. The number of halogens is 5. The number of fused-ring (bicyclic) bond motifs is 3. The number of nitrogens with zero attached hydrogens (tertiary/aromatic N) is 1. The van der Waals surface area contributed by atoms with Gasteiger partial charge in [-0.3, -0.25) is 14.4 Å². The first-order valence-electron chi connectivity index (χ1n) is 21.6. The molecule has 8 nitrogen and oxygen atoms in total. The molecule has 8 aliphatic rings. The summed E-state index contributed by atoms with van der Waals surface area (Å²) in [6.45, 7) is 9.57. The van der Waals surface area contributed by atoms with E-state index in [2.05, 4.69) is 29.9 Å². The van der Waals surface area contributed by atoms with Gasteiger partial charge >= 0.3 is 12.3 Å². The number of hydrogen-bond donors (Lipinski definition) is 2. The van der Waals surface area contributed by atoms with Gasteiger partial charge in [0.1, 0.15) is 11.6 Å². The zero-order chi connectivity index (χ0) is 44.0. The molecule has 1 saturated heterocycles. The van der Waals surface area contributed by atoms with Crippen LogP contribution >= 0.6 is 11.6 Å². The number of rotatable bonds is 9. The van der Waals surface area contributed by atoms with Gasteiger partial charge in [-0.1, -0.05) is 75.7 Å². The molecule has 1 heterocycles. The molecular weight excluding hydrogens is 814 g/mol. The Morgan fingerprint density at radius 3 is 2.23 bits per heavy atom. The van der Waals surface area contributed by atoms with Crippen LogP contribution in [0.15, 0.2) is 66.3 Å².